The van der Waals surface area contributed by atoms with Crippen molar-refractivity contribution in [2.45, 2.75) is 13.3 Å². The van der Waals surface area contributed by atoms with Gasteiger partial charge in [0.15, 0.2) is 5.69 Å². The van der Waals surface area contributed by atoms with Crippen molar-refractivity contribution in [3.05, 3.63) is 22.5 Å². The van der Waals surface area contributed by atoms with Gasteiger partial charge < -0.3 is 9.47 Å². The fourth-order valence-corrected chi connectivity index (χ4v) is 2.16. The molecule has 0 aliphatic heterocycles. The Balaban J connectivity index is 2.44. The fourth-order valence-electron chi connectivity index (χ4n) is 1.47. The highest BCUT2D eigenvalue weighted by molar-refractivity contribution is 7.08. The molecule has 2 rings (SSSR count). The fraction of sp³-hybridized carbons (Fsp3) is 0.364. The van der Waals surface area contributed by atoms with E-state index in [2.05, 4.69) is 19.6 Å². The van der Waals surface area contributed by atoms with Gasteiger partial charge >= 0.3 is 0 Å². The van der Waals surface area contributed by atoms with Gasteiger partial charge in [0, 0.05) is 0 Å². The van der Waals surface area contributed by atoms with Crippen molar-refractivity contribution >= 4 is 17.3 Å². The maximum atomic E-state index is 12.4. The minimum Gasteiger partial charge on any atom is -0.480 e. The molecule has 100 valence electrons. The molecule has 0 N–H and O–H groups in total. The van der Waals surface area contributed by atoms with Crippen LogP contribution in [0.1, 0.15) is 28.0 Å². The van der Waals surface area contributed by atoms with Crippen LogP contribution >= 0.6 is 11.5 Å². The highest BCUT2D eigenvalue weighted by Crippen LogP contribution is 2.22. The third-order valence-electron chi connectivity index (χ3n) is 2.43. The number of methoxy groups -OCH3 is 2. The van der Waals surface area contributed by atoms with Crippen LogP contribution in [-0.2, 0) is 6.42 Å². The molecule has 0 amide bonds. The van der Waals surface area contributed by atoms with E-state index in [-0.39, 0.29) is 23.2 Å². The number of carbonyl (C=O) groups excluding carboxylic acids is 1. The molecule has 2 aromatic heterocycles. The normalized spacial score (nSPS) is 10.3. The van der Waals surface area contributed by atoms with Gasteiger partial charge in [-0.25, -0.2) is 4.98 Å². The average molecular weight is 280 g/mol. The molecule has 0 saturated carbocycles. The van der Waals surface area contributed by atoms with E-state index in [4.69, 9.17) is 9.47 Å². The number of nitrogens with zero attached hydrogens (tertiary/aromatic N) is 4. The van der Waals surface area contributed by atoms with Crippen molar-refractivity contribution in [3.8, 4) is 11.8 Å². The van der Waals surface area contributed by atoms with Crippen LogP contribution in [0.4, 0.5) is 0 Å². The summed E-state index contributed by atoms with van der Waals surface area (Å²) in [6.45, 7) is 1.91. The number of aromatic nitrogens is 4. The minimum absolute atomic E-state index is 0.125. The van der Waals surface area contributed by atoms with Crippen LogP contribution in [0.3, 0.4) is 0 Å². The Kier molecular flexibility index (Phi) is 4.00. The van der Waals surface area contributed by atoms with Crippen molar-refractivity contribution < 1.29 is 14.3 Å². The molecule has 0 aromatic carbocycles. The van der Waals surface area contributed by atoms with E-state index in [9.17, 15) is 4.79 Å². The van der Waals surface area contributed by atoms with Crippen LogP contribution in [-0.4, -0.2) is 39.6 Å². The first-order valence-electron chi connectivity index (χ1n) is 5.52. The summed E-state index contributed by atoms with van der Waals surface area (Å²) in [5.41, 5.74) is 0.777. The van der Waals surface area contributed by atoms with Gasteiger partial charge in [0.2, 0.25) is 17.5 Å². The summed E-state index contributed by atoms with van der Waals surface area (Å²) in [5, 5.41) is 3.90. The summed E-state index contributed by atoms with van der Waals surface area (Å²) in [4.78, 5) is 20.9. The van der Waals surface area contributed by atoms with E-state index in [0.29, 0.717) is 17.0 Å². The molecule has 0 fully saturated rings. The smallest absolute Gasteiger partial charge is 0.247 e. The van der Waals surface area contributed by atoms with Crippen LogP contribution in [0.25, 0.3) is 0 Å². The SMILES string of the molecule is CCc1nnsc1C(=O)c1ncc(OC)nc1OC. The molecule has 0 spiro atoms. The van der Waals surface area contributed by atoms with Crippen LogP contribution in [0, 0.1) is 0 Å². The Hall–Kier alpha value is -2.09. The quantitative estimate of drug-likeness (QED) is 0.759. The van der Waals surface area contributed by atoms with Gasteiger partial charge in [0.05, 0.1) is 26.1 Å². The summed E-state index contributed by atoms with van der Waals surface area (Å²) in [6.07, 6.45) is 2.00. The number of hydrogen-bond acceptors (Lipinski definition) is 8. The lowest BCUT2D eigenvalue weighted by atomic mass is 10.2. The lowest BCUT2D eigenvalue weighted by molar-refractivity contribution is 0.103. The summed E-state index contributed by atoms with van der Waals surface area (Å²) in [7, 11) is 2.89. The number of ketones is 1. The zero-order chi connectivity index (χ0) is 13.8. The number of hydrogen-bond donors (Lipinski definition) is 0. The van der Waals surface area contributed by atoms with E-state index in [0.717, 1.165) is 11.5 Å². The molecule has 0 bridgehead atoms. The van der Waals surface area contributed by atoms with E-state index in [1.165, 1.54) is 20.4 Å². The Bertz CT molecular complexity index is 599. The Labute approximate surface area is 113 Å². The Morgan fingerprint density at radius 2 is 2.16 bits per heavy atom. The van der Waals surface area contributed by atoms with E-state index in [1.54, 1.807) is 0 Å². The maximum absolute atomic E-state index is 12.4. The molecule has 19 heavy (non-hydrogen) atoms. The third-order valence-corrected chi connectivity index (χ3v) is 3.20. The highest BCUT2D eigenvalue weighted by Gasteiger charge is 2.23. The molecule has 0 aliphatic rings. The van der Waals surface area contributed by atoms with Crippen molar-refractivity contribution in [1.82, 2.24) is 19.6 Å². The van der Waals surface area contributed by atoms with Gasteiger partial charge in [-0.1, -0.05) is 11.4 Å². The van der Waals surface area contributed by atoms with Crippen LogP contribution in [0.15, 0.2) is 6.20 Å². The highest BCUT2D eigenvalue weighted by atomic mass is 32.1. The number of aryl methyl sites for hydroxylation is 1. The molecule has 0 unspecified atom stereocenters. The van der Waals surface area contributed by atoms with Crippen molar-refractivity contribution in [2.24, 2.45) is 0 Å². The van der Waals surface area contributed by atoms with Gasteiger partial charge in [0.25, 0.3) is 0 Å². The first-order valence-corrected chi connectivity index (χ1v) is 6.29. The Morgan fingerprint density at radius 3 is 2.79 bits per heavy atom. The first kappa shape index (κ1) is 13.3. The summed E-state index contributed by atoms with van der Waals surface area (Å²) >= 11 is 1.04. The van der Waals surface area contributed by atoms with E-state index >= 15 is 0 Å². The van der Waals surface area contributed by atoms with Gasteiger partial charge in [-0.05, 0) is 18.0 Å². The summed E-state index contributed by atoms with van der Waals surface area (Å²) in [6, 6.07) is 0. The lowest BCUT2D eigenvalue weighted by Gasteiger charge is -2.06. The number of ether oxygens (including phenoxy) is 2. The summed E-state index contributed by atoms with van der Waals surface area (Å²) in [5.74, 6) is 0.116. The zero-order valence-corrected chi connectivity index (χ0v) is 11.5. The van der Waals surface area contributed by atoms with E-state index < -0.39 is 0 Å². The average Bonchev–Trinajstić information content (AvgIpc) is 2.94. The van der Waals surface area contributed by atoms with E-state index in [1.807, 2.05) is 6.92 Å². The number of carbonyl (C=O) groups is 1. The monoisotopic (exact) mass is 280 g/mol. The standard InChI is InChI=1S/C11H12N4O3S/c1-4-6-10(19-15-14-6)9(16)8-11(18-3)13-7(17-2)5-12-8/h5H,4H2,1-3H3. The maximum Gasteiger partial charge on any atom is 0.247 e. The van der Waals surface area contributed by atoms with Crippen LogP contribution in [0.2, 0.25) is 0 Å². The summed E-state index contributed by atoms with van der Waals surface area (Å²) < 4.78 is 13.8. The minimum atomic E-state index is -0.293. The topological polar surface area (TPSA) is 87.1 Å². The molecular weight excluding hydrogens is 268 g/mol. The van der Waals surface area contributed by atoms with Crippen LogP contribution in [0.5, 0.6) is 11.8 Å². The Morgan fingerprint density at radius 1 is 1.37 bits per heavy atom. The molecule has 2 aromatic rings. The molecule has 2 heterocycles. The number of rotatable bonds is 5. The van der Waals surface area contributed by atoms with Gasteiger partial charge in [0.1, 0.15) is 4.88 Å². The van der Waals surface area contributed by atoms with Crippen molar-refractivity contribution in [2.75, 3.05) is 14.2 Å². The first-order chi connectivity index (χ1) is 9.21. The van der Waals surface area contributed by atoms with Crippen molar-refractivity contribution in [3.63, 3.8) is 0 Å². The molecular formula is C11H12N4O3S. The molecule has 0 radical (unpaired) electrons. The molecule has 7 nitrogen and oxygen atoms in total. The molecule has 8 heteroatoms. The molecule has 0 saturated heterocycles. The third kappa shape index (κ3) is 2.53. The van der Waals surface area contributed by atoms with Gasteiger partial charge in [-0.15, -0.1) is 5.10 Å². The van der Waals surface area contributed by atoms with Crippen LogP contribution < -0.4 is 9.47 Å². The molecule has 0 aliphatic carbocycles. The van der Waals surface area contributed by atoms with Gasteiger partial charge in [-0.3, -0.25) is 4.79 Å². The zero-order valence-electron chi connectivity index (χ0n) is 10.7. The second-order valence-electron chi connectivity index (χ2n) is 3.50. The molecule has 0 atom stereocenters. The second kappa shape index (κ2) is 5.70. The second-order valence-corrected chi connectivity index (χ2v) is 4.26. The predicted octanol–water partition coefficient (Wildman–Crippen LogP) is 1.14. The van der Waals surface area contributed by atoms with Gasteiger partial charge in [-0.2, -0.15) is 4.98 Å². The largest absolute Gasteiger partial charge is 0.480 e. The lowest BCUT2D eigenvalue weighted by Crippen LogP contribution is -2.09. The predicted molar refractivity (Wildman–Crippen MR) is 67.9 cm³/mol. The van der Waals surface area contributed by atoms with Crippen molar-refractivity contribution in [1.29, 1.82) is 0 Å².